The van der Waals surface area contributed by atoms with Gasteiger partial charge in [-0.25, -0.2) is 12.8 Å². The van der Waals surface area contributed by atoms with Gasteiger partial charge in [-0.1, -0.05) is 23.7 Å². The van der Waals surface area contributed by atoms with E-state index >= 15 is 0 Å². The summed E-state index contributed by atoms with van der Waals surface area (Å²) in [5, 5.41) is 1.58. The van der Waals surface area contributed by atoms with Gasteiger partial charge in [0, 0.05) is 11.6 Å². The van der Waals surface area contributed by atoms with Gasteiger partial charge in [0.05, 0.1) is 29.0 Å². The van der Waals surface area contributed by atoms with Gasteiger partial charge in [0.25, 0.3) is 5.91 Å². The van der Waals surface area contributed by atoms with E-state index < -0.39 is 85.8 Å². The number of methoxy groups -OCH3 is 1. The summed E-state index contributed by atoms with van der Waals surface area (Å²) in [6.45, 7) is 0.929. The van der Waals surface area contributed by atoms with Crippen LogP contribution in [0.15, 0.2) is 42.5 Å². The second-order valence-electron chi connectivity index (χ2n) is 8.73. The fourth-order valence-corrected chi connectivity index (χ4v) is 5.38. The molecule has 0 spiro atoms. The van der Waals surface area contributed by atoms with E-state index in [2.05, 4.69) is 0 Å². The highest BCUT2D eigenvalue weighted by molar-refractivity contribution is 7.91. The summed E-state index contributed by atoms with van der Waals surface area (Å²) in [6, 6.07) is 2.35. The number of rotatable bonds is 9. The van der Waals surface area contributed by atoms with Crippen molar-refractivity contribution in [3.63, 3.8) is 0 Å². The molecule has 1 amide bonds. The van der Waals surface area contributed by atoms with Crippen molar-refractivity contribution in [1.29, 1.82) is 0 Å². The molecule has 0 heterocycles. The maximum atomic E-state index is 15.0. The molecule has 0 saturated carbocycles. The van der Waals surface area contributed by atoms with E-state index in [-0.39, 0.29) is 22.9 Å². The van der Waals surface area contributed by atoms with Crippen LogP contribution in [0.4, 0.5) is 43.9 Å². The molecule has 0 radical (unpaired) electrons. The minimum atomic E-state index is -5.35. The Kier molecular flexibility index (Phi) is 10.4. The minimum Gasteiger partial charge on any atom is -0.495 e. The normalized spacial score (nSPS) is 14.9. The molecule has 41 heavy (non-hydrogen) atoms. The van der Waals surface area contributed by atoms with Crippen LogP contribution in [0.5, 0.6) is 5.75 Å². The highest BCUT2D eigenvalue weighted by Crippen LogP contribution is 2.41. The van der Waals surface area contributed by atoms with Gasteiger partial charge in [-0.3, -0.25) is 4.79 Å². The second-order valence-corrected chi connectivity index (χ2v) is 11.2. The van der Waals surface area contributed by atoms with Gasteiger partial charge < -0.3 is 10.1 Å². The number of alkyl halides is 9. The van der Waals surface area contributed by atoms with Gasteiger partial charge in [-0.15, -0.1) is 0 Å². The monoisotopic (exact) mass is 643 g/mol. The number of sulfone groups is 1. The summed E-state index contributed by atoms with van der Waals surface area (Å²) >= 11 is 5.84. The number of halogens is 11. The molecule has 0 bridgehead atoms. The first-order valence-corrected chi connectivity index (χ1v) is 13.3. The van der Waals surface area contributed by atoms with E-state index in [0.29, 0.717) is 12.1 Å². The van der Waals surface area contributed by atoms with Crippen LogP contribution >= 0.6 is 11.6 Å². The van der Waals surface area contributed by atoms with Crippen molar-refractivity contribution in [1.82, 2.24) is 5.32 Å². The standard InChI is InChI=1S/C24H20ClF10NO4S/c1-12(10-41(38,39)11-22(27,28)29)36-21(37)15-5-3-14(7-17(15)24(33,34)35)19(26)9-16(23(30,31)32)13-4-6-20(40-2)18(25)8-13/h3-9,12,16H,10-11H2,1-2H3,(H,36,37)/b19-9-/t12-,16?/m1/s1. The molecule has 1 N–H and O–H groups in total. The first-order chi connectivity index (χ1) is 18.5. The van der Waals surface area contributed by atoms with E-state index in [4.69, 9.17) is 16.3 Å². The van der Waals surface area contributed by atoms with Gasteiger partial charge in [-0.05, 0) is 42.8 Å². The number of allylic oxidation sites excluding steroid dienone is 1. The van der Waals surface area contributed by atoms with Crippen LogP contribution < -0.4 is 10.1 Å². The minimum absolute atomic E-state index is 0.0109. The molecule has 2 aromatic carbocycles. The van der Waals surface area contributed by atoms with Gasteiger partial charge in [0.15, 0.2) is 9.84 Å². The lowest BCUT2D eigenvalue weighted by Crippen LogP contribution is -2.40. The van der Waals surface area contributed by atoms with Crippen molar-refractivity contribution in [2.24, 2.45) is 0 Å². The molecular formula is C24H20ClF10NO4S. The zero-order chi connectivity index (χ0) is 31.6. The summed E-state index contributed by atoms with van der Waals surface area (Å²) in [6.07, 6.45) is -15.5. The van der Waals surface area contributed by atoms with Crippen LogP contribution in [-0.4, -0.2) is 51.3 Å². The van der Waals surface area contributed by atoms with E-state index in [9.17, 15) is 57.1 Å². The first kappa shape index (κ1) is 34.2. The van der Waals surface area contributed by atoms with Gasteiger partial charge in [0.1, 0.15) is 23.2 Å². The number of amides is 1. The fourth-order valence-electron chi connectivity index (χ4n) is 3.66. The molecule has 2 rings (SSSR count). The van der Waals surface area contributed by atoms with E-state index in [0.717, 1.165) is 25.1 Å². The molecule has 0 saturated heterocycles. The molecule has 0 aromatic heterocycles. The Morgan fingerprint density at radius 3 is 2.12 bits per heavy atom. The van der Waals surface area contributed by atoms with Crippen molar-refractivity contribution in [2.45, 2.75) is 37.4 Å². The van der Waals surface area contributed by atoms with Gasteiger partial charge in [-0.2, -0.15) is 39.5 Å². The van der Waals surface area contributed by atoms with Crippen molar-refractivity contribution >= 4 is 33.2 Å². The van der Waals surface area contributed by atoms with Crippen molar-refractivity contribution in [3.8, 4) is 5.75 Å². The Morgan fingerprint density at radius 2 is 1.63 bits per heavy atom. The first-order valence-electron chi connectivity index (χ1n) is 11.1. The lowest BCUT2D eigenvalue weighted by molar-refractivity contribution is -0.140. The number of ether oxygens (including phenoxy) is 1. The summed E-state index contributed by atoms with van der Waals surface area (Å²) in [5.74, 6) is -9.43. The quantitative estimate of drug-likeness (QED) is 0.296. The molecule has 2 aromatic rings. The molecule has 228 valence electrons. The van der Waals surface area contributed by atoms with Crippen LogP contribution in [0.3, 0.4) is 0 Å². The average molecular weight is 644 g/mol. The Hall–Kier alpha value is -3.01. The zero-order valence-corrected chi connectivity index (χ0v) is 22.4. The van der Waals surface area contributed by atoms with Crippen LogP contribution in [0.2, 0.25) is 5.02 Å². The van der Waals surface area contributed by atoms with E-state index in [1.165, 1.54) is 7.11 Å². The molecule has 1 unspecified atom stereocenters. The molecule has 0 aliphatic rings. The van der Waals surface area contributed by atoms with Crippen molar-refractivity contribution in [3.05, 3.63) is 69.8 Å². The number of carbonyl (C=O) groups excluding carboxylic acids is 1. The van der Waals surface area contributed by atoms with Crippen LogP contribution in [-0.2, 0) is 16.0 Å². The third kappa shape index (κ3) is 9.80. The summed E-state index contributed by atoms with van der Waals surface area (Å²) in [5.41, 5.74) is -4.51. The number of benzene rings is 2. The third-order valence-corrected chi connectivity index (χ3v) is 7.38. The smallest absolute Gasteiger partial charge is 0.417 e. The van der Waals surface area contributed by atoms with Crippen LogP contribution in [0.25, 0.3) is 5.83 Å². The highest BCUT2D eigenvalue weighted by Gasteiger charge is 2.41. The molecule has 0 fully saturated rings. The number of hydrogen-bond acceptors (Lipinski definition) is 4. The Labute approximate surface area is 232 Å². The van der Waals surface area contributed by atoms with Gasteiger partial charge in [0.2, 0.25) is 0 Å². The predicted octanol–water partition coefficient (Wildman–Crippen LogP) is 7.12. The Balaban J connectivity index is 2.44. The fraction of sp³-hybridized carbons (Fsp3) is 0.375. The maximum absolute atomic E-state index is 15.0. The second kappa shape index (κ2) is 12.5. The molecular weight excluding hydrogens is 624 g/mol. The topological polar surface area (TPSA) is 72.5 Å². The largest absolute Gasteiger partial charge is 0.495 e. The average Bonchev–Trinajstić information content (AvgIpc) is 2.78. The molecule has 2 atom stereocenters. The summed E-state index contributed by atoms with van der Waals surface area (Å²) in [4.78, 5) is 12.4. The lowest BCUT2D eigenvalue weighted by atomic mass is 9.95. The van der Waals surface area contributed by atoms with Crippen molar-refractivity contribution in [2.75, 3.05) is 18.6 Å². The van der Waals surface area contributed by atoms with E-state index in [1.807, 2.05) is 5.32 Å². The van der Waals surface area contributed by atoms with Crippen LogP contribution in [0, 0.1) is 0 Å². The molecule has 0 aliphatic heterocycles. The Bertz CT molecular complexity index is 1400. The molecule has 5 nitrogen and oxygen atoms in total. The predicted molar refractivity (Wildman–Crippen MR) is 129 cm³/mol. The summed E-state index contributed by atoms with van der Waals surface area (Å²) < 4.78 is 163. The number of carbonyl (C=O) groups is 1. The highest BCUT2D eigenvalue weighted by atomic mass is 35.5. The van der Waals surface area contributed by atoms with Crippen molar-refractivity contribution < 1.29 is 61.9 Å². The number of nitrogens with one attached hydrogen (secondary N) is 1. The third-order valence-electron chi connectivity index (χ3n) is 5.31. The SMILES string of the molecule is COc1ccc(C(/C=C(\F)c2ccc(C(=O)N[C@H](C)CS(=O)(=O)CC(F)(F)F)c(C(F)(F)F)c2)C(F)(F)F)cc1Cl. The Morgan fingerprint density at radius 1 is 1.02 bits per heavy atom. The zero-order valence-electron chi connectivity index (χ0n) is 20.8. The van der Waals surface area contributed by atoms with E-state index in [1.54, 1.807) is 0 Å². The maximum Gasteiger partial charge on any atom is 0.417 e. The summed E-state index contributed by atoms with van der Waals surface area (Å²) in [7, 11) is -3.61. The number of hydrogen-bond donors (Lipinski definition) is 1. The molecule has 0 aliphatic carbocycles. The lowest BCUT2D eigenvalue weighted by Gasteiger charge is -2.19. The molecule has 17 heteroatoms. The van der Waals surface area contributed by atoms with Gasteiger partial charge >= 0.3 is 18.5 Å². The van der Waals surface area contributed by atoms with Crippen LogP contribution in [0.1, 0.15) is 39.9 Å².